The third kappa shape index (κ3) is 3.68. The van der Waals surface area contributed by atoms with Gasteiger partial charge < -0.3 is 10.2 Å². The number of benzene rings is 1. The molecule has 114 valence electrons. The number of hydrogen-bond donors (Lipinski definition) is 2. The number of hydrogen-bond acceptors (Lipinski definition) is 2. The first-order valence-corrected chi connectivity index (χ1v) is 6.78. The van der Waals surface area contributed by atoms with Crippen LogP contribution in [0.15, 0.2) is 4.90 Å². The summed E-state index contributed by atoms with van der Waals surface area (Å²) >= 11 is 0. The van der Waals surface area contributed by atoms with Gasteiger partial charge in [0, 0.05) is 0 Å². The second kappa shape index (κ2) is 6.06. The molecule has 0 saturated heterocycles. The SMILES string of the molecule is C[N+](C)(C)CCNS(=O)c1c(F)c(F)c(N)c(F)c1F. The lowest BCUT2D eigenvalue weighted by Gasteiger charge is -2.23. The van der Waals surface area contributed by atoms with Gasteiger partial charge >= 0.3 is 0 Å². The molecule has 9 heteroatoms. The van der Waals surface area contributed by atoms with Crippen LogP contribution in [-0.4, -0.2) is 42.9 Å². The van der Waals surface area contributed by atoms with Crippen LogP contribution in [0, 0.1) is 23.3 Å². The number of rotatable bonds is 5. The summed E-state index contributed by atoms with van der Waals surface area (Å²) in [5, 5.41) is 0. The molecule has 0 amide bonds. The van der Waals surface area contributed by atoms with Crippen LogP contribution in [0.1, 0.15) is 0 Å². The van der Waals surface area contributed by atoms with E-state index in [0.29, 0.717) is 11.0 Å². The maximum absolute atomic E-state index is 13.5. The molecule has 1 rings (SSSR count). The molecule has 0 heterocycles. The Morgan fingerprint density at radius 3 is 1.90 bits per heavy atom. The van der Waals surface area contributed by atoms with Gasteiger partial charge in [0.05, 0.1) is 34.2 Å². The van der Waals surface area contributed by atoms with Crippen molar-refractivity contribution >= 4 is 16.7 Å². The van der Waals surface area contributed by atoms with Crippen molar-refractivity contribution in [3.8, 4) is 0 Å². The third-order valence-electron chi connectivity index (χ3n) is 2.46. The van der Waals surface area contributed by atoms with Crippen LogP contribution in [-0.2, 0) is 11.0 Å². The van der Waals surface area contributed by atoms with Gasteiger partial charge in [-0.1, -0.05) is 0 Å². The first-order valence-electron chi connectivity index (χ1n) is 5.63. The highest BCUT2D eigenvalue weighted by atomic mass is 32.2. The molecule has 0 bridgehead atoms. The van der Waals surface area contributed by atoms with Gasteiger partial charge in [0.25, 0.3) is 0 Å². The normalized spacial score (nSPS) is 13.6. The summed E-state index contributed by atoms with van der Waals surface area (Å²) in [6, 6.07) is 0. The second-order valence-corrected chi connectivity index (χ2v) is 6.41. The lowest BCUT2D eigenvalue weighted by atomic mass is 10.2. The molecule has 1 atom stereocenters. The highest BCUT2D eigenvalue weighted by molar-refractivity contribution is 7.83. The van der Waals surface area contributed by atoms with Crippen LogP contribution in [0.5, 0.6) is 0 Å². The van der Waals surface area contributed by atoms with Crippen molar-refractivity contribution < 1.29 is 26.3 Å². The van der Waals surface area contributed by atoms with Crippen molar-refractivity contribution in [2.75, 3.05) is 40.0 Å². The highest BCUT2D eigenvalue weighted by Crippen LogP contribution is 2.27. The van der Waals surface area contributed by atoms with Gasteiger partial charge in [0.2, 0.25) is 0 Å². The summed E-state index contributed by atoms with van der Waals surface area (Å²) in [7, 11) is 3.15. The Kier molecular flexibility index (Phi) is 5.11. The van der Waals surface area contributed by atoms with Crippen LogP contribution in [0.25, 0.3) is 0 Å². The average Bonchev–Trinajstić information content (AvgIpc) is 2.32. The number of anilines is 1. The van der Waals surface area contributed by atoms with Crippen LogP contribution in [0.4, 0.5) is 23.2 Å². The molecule has 20 heavy (non-hydrogen) atoms. The van der Waals surface area contributed by atoms with E-state index in [9.17, 15) is 21.8 Å². The van der Waals surface area contributed by atoms with Gasteiger partial charge in [0.15, 0.2) is 23.3 Å². The van der Waals surface area contributed by atoms with Crippen molar-refractivity contribution in [3.63, 3.8) is 0 Å². The van der Waals surface area contributed by atoms with E-state index < -0.39 is 44.8 Å². The Morgan fingerprint density at radius 2 is 1.50 bits per heavy atom. The third-order valence-corrected chi connectivity index (χ3v) is 3.65. The zero-order valence-electron chi connectivity index (χ0n) is 11.3. The molecule has 0 aliphatic rings. The van der Waals surface area contributed by atoms with Gasteiger partial charge in [-0.25, -0.2) is 26.5 Å². The number of nitrogens with zero attached hydrogens (tertiary/aromatic N) is 1. The summed E-state index contributed by atoms with van der Waals surface area (Å²) in [4.78, 5) is -1.20. The summed E-state index contributed by atoms with van der Waals surface area (Å²) in [5.74, 6) is -7.00. The van der Waals surface area contributed by atoms with Crippen LogP contribution in [0.3, 0.4) is 0 Å². The van der Waals surface area contributed by atoms with E-state index in [4.69, 9.17) is 5.73 Å². The van der Waals surface area contributed by atoms with E-state index in [2.05, 4.69) is 4.72 Å². The molecule has 0 saturated carbocycles. The van der Waals surface area contributed by atoms with E-state index in [1.54, 1.807) is 0 Å². The van der Waals surface area contributed by atoms with Crippen molar-refractivity contribution in [1.29, 1.82) is 0 Å². The second-order valence-electron chi connectivity index (χ2n) is 5.18. The Morgan fingerprint density at radius 1 is 1.05 bits per heavy atom. The van der Waals surface area contributed by atoms with Crippen LogP contribution >= 0.6 is 0 Å². The fourth-order valence-electron chi connectivity index (χ4n) is 1.34. The van der Waals surface area contributed by atoms with Gasteiger partial charge in [-0.15, -0.1) is 0 Å². The number of quaternary nitrogens is 1. The largest absolute Gasteiger partial charge is 0.394 e. The molecule has 0 fully saturated rings. The number of halogens is 4. The van der Waals surface area contributed by atoms with Crippen LogP contribution < -0.4 is 10.5 Å². The van der Waals surface area contributed by atoms with E-state index in [1.807, 2.05) is 21.1 Å². The van der Waals surface area contributed by atoms with Gasteiger partial charge in [-0.2, -0.15) is 0 Å². The van der Waals surface area contributed by atoms with Gasteiger partial charge in [-0.05, 0) is 0 Å². The molecular weight excluding hydrogens is 298 g/mol. The minimum absolute atomic E-state index is 0.141. The molecular formula is C11H16F4N3OS+. The van der Waals surface area contributed by atoms with Crippen molar-refractivity contribution in [2.24, 2.45) is 0 Å². The van der Waals surface area contributed by atoms with E-state index in [1.165, 1.54) is 0 Å². The average molecular weight is 314 g/mol. The van der Waals surface area contributed by atoms with Crippen molar-refractivity contribution in [3.05, 3.63) is 23.3 Å². The maximum atomic E-state index is 13.5. The predicted molar refractivity (Wildman–Crippen MR) is 68.0 cm³/mol. The summed E-state index contributed by atoms with van der Waals surface area (Å²) in [5.41, 5.74) is 3.59. The molecule has 0 radical (unpaired) electrons. The van der Waals surface area contributed by atoms with E-state index in [-0.39, 0.29) is 6.54 Å². The fourth-order valence-corrected chi connectivity index (χ4v) is 2.26. The monoisotopic (exact) mass is 314 g/mol. The van der Waals surface area contributed by atoms with Crippen molar-refractivity contribution in [1.82, 2.24) is 4.72 Å². The summed E-state index contributed by atoms with van der Waals surface area (Å²) in [6.07, 6.45) is 0. The highest BCUT2D eigenvalue weighted by Gasteiger charge is 2.27. The Labute approximate surface area is 116 Å². The fraction of sp³-hybridized carbons (Fsp3) is 0.455. The first kappa shape index (κ1) is 16.9. The molecule has 0 aliphatic heterocycles. The molecule has 0 aromatic heterocycles. The molecule has 0 spiro atoms. The lowest BCUT2D eigenvalue weighted by molar-refractivity contribution is -0.869. The topological polar surface area (TPSA) is 55.1 Å². The zero-order valence-corrected chi connectivity index (χ0v) is 12.1. The standard InChI is InChI=1S/C11H16F4N3OS/c1-18(2,3)5-4-17-20(19)11-8(14)6(12)10(16)7(13)9(11)15/h17H,4-5,16H2,1-3H3/q+1. The van der Waals surface area contributed by atoms with Gasteiger partial charge in [0.1, 0.15) is 21.6 Å². The predicted octanol–water partition coefficient (Wildman–Crippen LogP) is 1.14. The van der Waals surface area contributed by atoms with Gasteiger partial charge in [-0.3, -0.25) is 0 Å². The number of nitrogens with one attached hydrogen (secondary N) is 1. The van der Waals surface area contributed by atoms with Crippen molar-refractivity contribution in [2.45, 2.75) is 4.90 Å². The van der Waals surface area contributed by atoms with Crippen LogP contribution in [0.2, 0.25) is 0 Å². The quantitative estimate of drug-likeness (QED) is 0.371. The molecule has 1 aromatic rings. The number of likely N-dealkylation sites (N-methyl/N-ethyl adjacent to an activating group) is 1. The number of nitrogen functional groups attached to an aromatic ring is 1. The lowest BCUT2D eigenvalue weighted by Crippen LogP contribution is -2.41. The Balaban J connectivity index is 3.00. The zero-order chi connectivity index (χ0) is 15.7. The molecule has 1 aromatic carbocycles. The summed E-state index contributed by atoms with van der Waals surface area (Å²) < 4.78 is 68.1. The Hall–Kier alpha value is -1.19. The number of nitrogens with two attached hydrogens (primary N) is 1. The summed E-state index contributed by atoms with van der Waals surface area (Å²) in [6.45, 7) is 0.636. The molecule has 1 unspecified atom stereocenters. The molecule has 3 N–H and O–H groups in total. The molecule has 0 aliphatic carbocycles. The first-order chi connectivity index (χ1) is 9.06. The minimum atomic E-state index is -2.42. The van der Waals surface area contributed by atoms with E-state index in [0.717, 1.165) is 0 Å². The molecule has 4 nitrogen and oxygen atoms in total. The van der Waals surface area contributed by atoms with E-state index >= 15 is 0 Å². The Bertz CT molecular complexity index is 516. The maximum Gasteiger partial charge on any atom is 0.186 e. The minimum Gasteiger partial charge on any atom is -0.394 e. The smallest absolute Gasteiger partial charge is 0.186 e.